The van der Waals surface area contributed by atoms with Crippen LogP contribution in [-0.2, 0) is 10.0 Å². The number of nitrogens with one attached hydrogen (secondary N) is 1. The largest absolute Gasteiger partial charge is 0.478 e. The number of halogens is 1. The van der Waals surface area contributed by atoms with E-state index < -0.39 is 27.1 Å². The number of hydrogen-bond acceptors (Lipinski definition) is 4. The SMILES string of the molecule is CC(C)(O)C(C)(C)NS(=O)(=O)c1cc(C(=O)O)ccc1Br. The summed E-state index contributed by atoms with van der Waals surface area (Å²) < 4.78 is 27.5. The standard InChI is InChI=1S/C13H18BrNO5S/c1-12(2,13(3,4)18)15-21(19,20)10-7-8(11(16)17)5-6-9(10)14/h5-7,15,18H,1-4H3,(H,16,17). The second-order valence-electron chi connectivity index (χ2n) is 5.74. The third kappa shape index (κ3) is 4.03. The number of rotatable bonds is 5. The van der Waals surface area contributed by atoms with E-state index in [-0.39, 0.29) is 14.9 Å². The van der Waals surface area contributed by atoms with E-state index in [0.717, 1.165) is 6.07 Å². The number of benzene rings is 1. The van der Waals surface area contributed by atoms with E-state index >= 15 is 0 Å². The highest BCUT2D eigenvalue weighted by molar-refractivity contribution is 9.10. The molecule has 0 heterocycles. The Morgan fingerprint density at radius 1 is 1.24 bits per heavy atom. The fraction of sp³-hybridized carbons (Fsp3) is 0.462. The van der Waals surface area contributed by atoms with Gasteiger partial charge in [-0.3, -0.25) is 0 Å². The molecule has 0 spiro atoms. The van der Waals surface area contributed by atoms with Gasteiger partial charge in [-0.2, -0.15) is 0 Å². The summed E-state index contributed by atoms with van der Waals surface area (Å²) in [5.41, 5.74) is -2.60. The molecule has 0 aliphatic carbocycles. The number of aromatic carboxylic acids is 1. The Hall–Kier alpha value is -0.960. The van der Waals surface area contributed by atoms with Crippen LogP contribution in [0.2, 0.25) is 0 Å². The molecule has 0 saturated carbocycles. The Kier molecular flexibility index (Phi) is 4.89. The zero-order valence-corrected chi connectivity index (χ0v) is 14.5. The van der Waals surface area contributed by atoms with Crippen molar-refractivity contribution >= 4 is 31.9 Å². The van der Waals surface area contributed by atoms with Gasteiger partial charge in [0.05, 0.1) is 21.6 Å². The van der Waals surface area contributed by atoms with E-state index in [2.05, 4.69) is 20.7 Å². The fourth-order valence-corrected chi connectivity index (χ4v) is 3.88. The maximum absolute atomic E-state index is 12.4. The summed E-state index contributed by atoms with van der Waals surface area (Å²) in [5, 5.41) is 19.0. The average Bonchev–Trinajstić information content (AvgIpc) is 2.25. The minimum absolute atomic E-state index is 0.139. The Bertz CT molecular complexity index is 662. The van der Waals surface area contributed by atoms with Crippen molar-refractivity contribution in [3.05, 3.63) is 28.2 Å². The molecule has 0 saturated heterocycles. The zero-order valence-electron chi connectivity index (χ0n) is 12.1. The normalized spacial score (nSPS) is 13.2. The predicted octanol–water partition coefficient (Wildman–Crippen LogP) is 1.98. The molecule has 0 bridgehead atoms. The van der Waals surface area contributed by atoms with E-state index in [1.807, 2.05) is 0 Å². The molecule has 1 rings (SSSR count). The number of sulfonamides is 1. The minimum atomic E-state index is -4.01. The molecule has 0 radical (unpaired) electrons. The maximum atomic E-state index is 12.4. The van der Waals surface area contributed by atoms with Crippen molar-refractivity contribution in [3.63, 3.8) is 0 Å². The lowest BCUT2D eigenvalue weighted by Gasteiger charge is -2.37. The van der Waals surface area contributed by atoms with Gasteiger partial charge in [-0.15, -0.1) is 0 Å². The third-order valence-corrected chi connectivity index (χ3v) is 6.04. The van der Waals surface area contributed by atoms with Crippen LogP contribution in [0.3, 0.4) is 0 Å². The van der Waals surface area contributed by atoms with E-state index in [4.69, 9.17) is 5.11 Å². The molecule has 1 aromatic rings. The van der Waals surface area contributed by atoms with Crippen LogP contribution in [-0.4, -0.2) is 35.7 Å². The first-order valence-corrected chi connectivity index (χ1v) is 8.35. The van der Waals surface area contributed by atoms with Crippen LogP contribution in [0, 0.1) is 0 Å². The van der Waals surface area contributed by atoms with Gasteiger partial charge in [-0.05, 0) is 61.8 Å². The molecule has 118 valence electrons. The molecule has 0 unspecified atom stereocenters. The van der Waals surface area contributed by atoms with E-state index in [1.165, 1.54) is 26.0 Å². The summed E-state index contributed by atoms with van der Waals surface area (Å²) in [6.07, 6.45) is 0. The Morgan fingerprint density at radius 3 is 2.19 bits per heavy atom. The minimum Gasteiger partial charge on any atom is -0.478 e. The number of hydrogen-bond donors (Lipinski definition) is 3. The molecule has 0 aliphatic rings. The first kappa shape index (κ1) is 18.1. The summed E-state index contributed by atoms with van der Waals surface area (Å²) in [7, 11) is -4.01. The van der Waals surface area contributed by atoms with Gasteiger partial charge in [-0.25, -0.2) is 17.9 Å². The third-order valence-electron chi connectivity index (χ3n) is 3.39. The van der Waals surface area contributed by atoms with Crippen molar-refractivity contribution in [1.29, 1.82) is 0 Å². The highest BCUT2D eigenvalue weighted by Gasteiger charge is 2.39. The lowest BCUT2D eigenvalue weighted by atomic mass is 9.87. The van der Waals surface area contributed by atoms with Crippen LogP contribution in [0.15, 0.2) is 27.6 Å². The monoisotopic (exact) mass is 379 g/mol. The molecule has 0 atom stereocenters. The first-order chi connectivity index (χ1) is 9.28. The molecular weight excluding hydrogens is 362 g/mol. The summed E-state index contributed by atoms with van der Waals surface area (Å²) in [5.74, 6) is -1.22. The number of carbonyl (C=O) groups is 1. The second kappa shape index (κ2) is 5.68. The van der Waals surface area contributed by atoms with E-state index in [9.17, 15) is 18.3 Å². The lowest BCUT2D eigenvalue weighted by molar-refractivity contribution is 0.00637. The van der Waals surface area contributed by atoms with Gasteiger partial charge in [0.2, 0.25) is 10.0 Å². The lowest BCUT2D eigenvalue weighted by Crippen LogP contribution is -2.57. The summed E-state index contributed by atoms with van der Waals surface area (Å²) in [4.78, 5) is 10.8. The van der Waals surface area contributed by atoms with Crippen LogP contribution >= 0.6 is 15.9 Å². The molecule has 0 aliphatic heterocycles. The van der Waals surface area contributed by atoms with Crippen LogP contribution in [0.25, 0.3) is 0 Å². The molecule has 3 N–H and O–H groups in total. The van der Waals surface area contributed by atoms with Gasteiger partial charge in [0.1, 0.15) is 0 Å². The molecular formula is C13H18BrNO5S. The maximum Gasteiger partial charge on any atom is 0.335 e. The second-order valence-corrected chi connectivity index (χ2v) is 8.25. The van der Waals surface area contributed by atoms with E-state index in [1.54, 1.807) is 13.8 Å². The zero-order chi connectivity index (χ0) is 16.6. The van der Waals surface area contributed by atoms with Crippen LogP contribution < -0.4 is 4.72 Å². The number of carboxylic acid groups (broad SMARTS) is 1. The molecule has 0 fully saturated rings. The number of aliphatic hydroxyl groups is 1. The molecule has 6 nitrogen and oxygen atoms in total. The topological polar surface area (TPSA) is 104 Å². The summed E-state index contributed by atoms with van der Waals surface area (Å²) in [6.45, 7) is 6.05. The van der Waals surface area contributed by atoms with Crippen molar-refractivity contribution in [2.45, 2.75) is 43.7 Å². The van der Waals surface area contributed by atoms with Crippen LogP contribution in [0.4, 0.5) is 0 Å². The highest BCUT2D eigenvalue weighted by atomic mass is 79.9. The molecule has 1 aromatic carbocycles. The average molecular weight is 380 g/mol. The van der Waals surface area contributed by atoms with Crippen molar-refractivity contribution in [2.24, 2.45) is 0 Å². The Morgan fingerprint density at radius 2 is 1.76 bits per heavy atom. The van der Waals surface area contributed by atoms with Crippen molar-refractivity contribution in [3.8, 4) is 0 Å². The molecule has 0 amide bonds. The van der Waals surface area contributed by atoms with Crippen molar-refractivity contribution in [1.82, 2.24) is 4.72 Å². The van der Waals surface area contributed by atoms with Crippen molar-refractivity contribution < 1.29 is 23.4 Å². The van der Waals surface area contributed by atoms with Crippen LogP contribution in [0.5, 0.6) is 0 Å². The smallest absolute Gasteiger partial charge is 0.335 e. The molecule has 21 heavy (non-hydrogen) atoms. The summed E-state index contributed by atoms with van der Waals surface area (Å²) >= 11 is 3.10. The van der Waals surface area contributed by atoms with Gasteiger partial charge in [0.25, 0.3) is 0 Å². The highest BCUT2D eigenvalue weighted by Crippen LogP contribution is 2.27. The predicted molar refractivity (Wildman–Crippen MR) is 81.8 cm³/mol. The van der Waals surface area contributed by atoms with Gasteiger partial charge >= 0.3 is 5.97 Å². The van der Waals surface area contributed by atoms with Crippen molar-refractivity contribution in [2.75, 3.05) is 0 Å². The molecule has 0 aromatic heterocycles. The van der Waals surface area contributed by atoms with Gasteiger partial charge in [0.15, 0.2) is 0 Å². The van der Waals surface area contributed by atoms with Crippen LogP contribution in [0.1, 0.15) is 38.1 Å². The summed E-state index contributed by atoms with van der Waals surface area (Å²) in [6, 6.07) is 3.72. The van der Waals surface area contributed by atoms with Gasteiger partial charge in [-0.1, -0.05) is 0 Å². The number of carboxylic acids is 1. The van der Waals surface area contributed by atoms with E-state index in [0.29, 0.717) is 0 Å². The Labute approximate surface area is 132 Å². The van der Waals surface area contributed by atoms with Gasteiger partial charge in [0, 0.05) is 4.47 Å². The molecule has 8 heteroatoms. The fourth-order valence-electron chi connectivity index (χ4n) is 1.36. The quantitative estimate of drug-likeness (QED) is 0.725. The Balaban J connectivity index is 3.33. The van der Waals surface area contributed by atoms with Gasteiger partial charge < -0.3 is 10.2 Å². The first-order valence-electron chi connectivity index (χ1n) is 6.07.